The van der Waals surface area contributed by atoms with E-state index in [1.807, 2.05) is 18.3 Å². The summed E-state index contributed by atoms with van der Waals surface area (Å²) in [4.78, 5) is 10.5. The van der Waals surface area contributed by atoms with Gasteiger partial charge in [0.05, 0.1) is 0 Å². The van der Waals surface area contributed by atoms with Crippen molar-refractivity contribution in [1.82, 2.24) is 14.9 Å². The molecule has 0 amide bonds. The molecular weight excluding hydrogens is 357 g/mol. The van der Waals surface area contributed by atoms with Crippen LogP contribution in [0.3, 0.4) is 0 Å². The summed E-state index contributed by atoms with van der Waals surface area (Å²) >= 11 is 0. The minimum Gasteiger partial charge on any atom is -0.361 e. The van der Waals surface area contributed by atoms with Gasteiger partial charge in [0, 0.05) is 66.1 Å². The summed E-state index contributed by atoms with van der Waals surface area (Å²) in [6.07, 6.45) is 5.44. The van der Waals surface area contributed by atoms with Crippen LogP contribution in [-0.4, -0.2) is 34.5 Å². The van der Waals surface area contributed by atoms with Gasteiger partial charge in [-0.25, -0.2) is 4.39 Å². The molecule has 5 rings (SSSR count). The van der Waals surface area contributed by atoms with Crippen molar-refractivity contribution in [2.24, 2.45) is 0 Å². The predicted octanol–water partition coefficient (Wildman–Crippen LogP) is 5.48. The van der Waals surface area contributed by atoms with Gasteiger partial charge in [-0.3, -0.25) is 0 Å². The largest absolute Gasteiger partial charge is 0.361 e. The van der Waals surface area contributed by atoms with Gasteiger partial charge < -0.3 is 9.88 Å². The Kier molecular flexibility index (Phi) is 4.42. The molecule has 1 saturated heterocycles. The number of rotatable bonds is 4. The van der Waals surface area contributed by atoms with E-state index in [1.165, 1.54) is 34.0 Å². The van der Waals surface area contributed by atoms with E-state index < -0.39 is 0 Å². The van der Waals surface area contributed by atoms with E-state index in [9.17, 15) is 4.39 Å². The van der Waals surface area contributed by atoms with Gasteiger partial charge in [-0.05, 0) is 36.2 Å². The van der Waals surface area contributed by atoms with Gasteiger partial charge in [0.2, 0.25) is 10.2 Å². The van der Waals surface area contributed by atoms with E-state index in [0.717, 1.165) is 31.6 Å². The van der Waals surface area contributed by atoms with Crippen LogP contribution < -0.4 is 0 Å². The maximum atomic E-state index is 13.0. The number of nitrogens with one attached hydrogen (secondary N) is 1. The Labute approximate surface area is 160 Å². The molecule has 3 nitrogen and oxygen atoms in total. The van der Waals surface area contributed by atoms with Gasteiger partial charge >= 0.3 is 0 Å². The van der Waals surface area contributed by atoms with Crippen molar-refractivity contribution >= 4 is 31.6 Å². The summed E-state index contributed by atoms with van der Waals surface area (Å²) < 4.78 is 14.4. The fraction of sp³-hybridized carbons (Fsp3) is 0.318. The molecule has 1 unspecified atom stereocenters. The van der Waals surface area contributed by atoms with Crippen LogP contribution in [0.1, 0.15) is 23.7 Å². The molecule has 3 heterocycles. The van der Waals surface area contributed by atoms with E-state index in [-0.39, 0.29) is 16.3 Å². The molecule has 1 atom stereocenters. The van der Waals surface area contributed by atoms with Gasteiger partial charge in [-0.2, -0.15) is 4.98 Å². The Morgan fingerprint density at radius 1 is 1.11 bits per heavy atom. The highest BCUT2D eigenvalue weighted by Crippen LogP contribution is 2.44. The predicted molar refractivity (Wildman–Crippen MR) is 111 cm³/mol. The zero-order chi connectivity index (χ0) is 18.2. The Hall–Kier alpha value is -2.24. The number of piperidine rings is 1. The lowest BCUT2D eigenvalue weighted by molar-refractivity contribution is 0.227. The van der Waals surface area contributed by atoms with Crippen molar-refractivity contribution < 1.29 is 4.39 Å². The lowest BCUT2D eigenvalue weighted by Gasteiger charge is -2.28. The van der Waals surface area contributed by atoms with Crippen LogP contribution in [0.4, 0.5) is 4.39 Å². The van der Waals surface area contributed by atoms with Crippen molar-refractivity contribution in [1.29, 1.82) is 0 Å². The van der Waals surface area contributed by atoms with Gasteiger partial charge in [0.25, 0.3) is 0 Å². The van der Waals surface area contributed by atoms with Crippen LogP contribution in [-0.2, 0) is 6.42 Å². The number of hydrogen-bond acceptors (Lipinski definition) is 2. The Morgan fingerprint density at radius 3 is 2.74 bits per heavy atom. The lowest BCUT2D eigenvalue weighted by atomic mass is 10.1. The first-order valence-electron chi connectivity index (χ1n) is 9.60. The molecule has 1 N–H and O–H groups in total. The summed E-state index contributed by atoms with van der Waals surface area (Å²) in [5.74, 6) is -0.157. The molecule has 138 valence electrons. The number of H-pyrrole nitrogens is 1. The van der Waals surface area contributed by atoms with E-state index in [1.54, 1.807) is 12.1 Å². The van der Waals surface area contributed by atoms with Gasteiger partial charge in [0.15, 0.2) is 0 Å². The minimum atomic E-state index is -0.157. The zero-order valence-corrected chi connectivity index (χ0v) is 16.0. The quantitative estimate of drug-likeness (QED) is 0.475. The number of aromatic nitrogens is 2. The van der Waals surface area contributed by atoms with Gasteiger partial charge in [-0.1, -0.05) is 12.1 Å². The van der Waals surface area contributed by atoms with Crippen molar-refractivity contribution in [3.05, 3.63) is 65.6 Å². The molecule has 5 heteroatoms. The topological polar surface area (TPSA) is 31.9 Å². The normalized spacial score (nSPS) is 17.1. The molecule has 1 fully saturated rings. The summed E-state index contributed by atoms with van der Waals surface area (Å²) in [5.41, 5.74) is 5.73. The number of halogens is 1. The number of benzene rings is 2. The molecule has 0 spiro atoms. The third kappa shape index (κ3) is 3.37. The average Bonchev–Trinajstić information content (AvgIpc) is 3.32. The van der Waals surface area contributed by atoms with E-state index >= 15 is 0 Å². The first-order chi connectivity index (χ1) is 13.3. The SMILES string of the molecule is Fc1ccc(CCN2CCC([s+]3cnc4cc5[nH]ccc5cc43)CC2)cc1. The van der Waals surface area contributed by atoms with Crippen molar-refractivity contribution in [3.8, 4) is 0 Å². The second-order valence-electron chi connectivity index (χ2n) is 7.41. The minimum absolute atomic E-state index is 0.140. The zero-order valence-electron chi connectivity index (χ0n) is 15.2. The van der Waals surface area contributed by atoms with Gasteiger partial charge in [0.1, 0.15) is 16.6 Å². The molecule has 0 aliphatic carbocycles. The molecule has 0 radical (unpaired) electrons. The number of hydrogen-bond donors (Lipinski definition) is 1. The smallest absolute Gasteiger partial charge is 0.230 e. The Balaban J connectivity index is 1.25. The van der Waals surface area contributed by atoms with Crippen LogP contribution in [0.15, 0.2) is 54.2 Å². The summed E-state index contributed by atoms with van der Waals surface area (Å²) in [5, 5.41) is 1.99. The summed E-state index contributed by atoms with van der Waals surface area (Å²) in [6, 6.07) is 13.6. The maximum Gasteiger partial charge on any atom is 0.230 e. The van der Waals surface area contributed by atoms with Crippen LogP contribution in [0.5, 0.6) is 0 Å². The second kappa shape index (κ2) is 7.06. The van der Waals surface area contributed by atoms with Gasteiger partial charge in [-0.15, -0.1) is 0 Å². The number of likely N-dealkylation sites (tertiary alicyclic amines) is 1. The Morgan fingerprint density at radius 2 is 1.93 bits per heavy atom. The van der Waals surface area contributed by atoms with Crippen molar-refractivity contribution in [2.75, 3.05) is 19.6 Å². The first kappa shape index (κ1) is 16.9. The van der Waals surface area contributed by atoms with Crippen LogP contribution in [0.2, 0.25) is 0 Å². The standard InChI is InChI=1S/C22H23FN3S/c23-18-3-1-16(2-4-18)6-10-26-11-7-19(8-12-26)27-15-25-21-14-20-17(5-9-24-20)13-22(21)27/h1-5,9,13-15,19,24H,6-8,10-12H2/q+1. The molecule has 4 aromatic rings. The third-order valence-electron chi connectivity index (χ3n) is 5.72. The monoisotopic (exact) mass is 380 g/mol. The number of thiazole rings is 1. The Bertz CT molecular complexity index is 1060. The highest BCUT2D eigenvalue weighted by molar-refractivity contribution is 7.36. The molecule has 1 aliphatic heterocycles. The van der Waals surface area contributed by atoms with Crippen LogP contribution in [0, 0.1) is 5.82 Å². The first-order valence-corrected chi connectivity index (χ1v) is 11.0. The molecule has 2 aromatic heterocycles. The van der Waals surface area contributed by atoms with Crippen molar-refractivity contribution in [2.45, 2.75) is 24.5 Å². The summed E-state index contributed by atoms with van der Waals surface area (Å²) in [7, 11) is 0.140. The highest BCUT2D eigenvalue weighted by Gasteiger charge is 2.30. The fourth-order valence-corrected chi connectivity index (χ4v) is 6.33. The molecule has 0 bridgehead atoms. The highest BCUT2D eigenvalue weighted by atomic mass is 32.2. The molecular formula is C22H23FN3S+. The summed E-state index contributed by atoms with van der Waals surface area (Å²) in [6.45, 7) is 3.34. The lowest BCUT2D eigenvalue weighted by Crippen LogP contribution is -2.33. The molecule has 1 aliphatic rings. The van der Waals surface area contributed by atoms with E-state index in [0.29, 0.717) is 5.25 Å². The number of nitrogens with zero attached hydrogens (tertiary/aromatic N) is 2. The second-order valence-corrected chi connectivity index (χ2v) is 9.47. The number of aromatic amines is 1. The van der Waals surface area contributed by atoms with E-state index in [4.69, 9.17) is 4.98 Å². The molecule has 27 heavy (non-hydrogen) atoms. The van der Waals surface area contributed by atoms with Crippen LogP contribution >= 0.6 is 10.5 Å². The molecule has 2 aromatic carbocycles. The van der Waals surface area contributed by atoms with Crippen LogP contribution in [0.25, 0.3) is 21.1 Å². The third-order valence-corrected chi connectivity index (χ3v) is 8.07. The van der Waals surface area contributed by atoms with Crippen molar-refractivity contribution in [3.63, 3.8) is 0 Å². The van der Waals surface area contributed by atoms with E-state index in [2.05, 4.69) is 33.6 Å². The molecule has 0 saturated carbocycles. The average molecular weight is 381 g/mol. The fourth-order valence-electron chi connectivity index (χ4n) is 4.12. The number of fused-ring (bicyclic) bond motifs is 2. The maximum absolute atomic E-state index is 13.0.